The molecule has 0 aromatic carbocycles. The second-order valence-electron chi connectivity index (χ2n) is 8.81. The molecule has 2 aromatic rings. The number of aliphatic hydroxyl groups is 2. The molecule has 1 aliphatic heterocycles. The fourth-order valence-corrected chi connectivity index (χ4v) is 4.02. The lowest BCUT2D eigenvalue weighted by atomic mass is 9.98. The number of aliphatic hydroxyl groups excluding tert-OH is 2. The van der Waals surface area contributed by atoms with Gasteiger partial charge in [-0.05, 0) is 26.2 Å². The number of halogens is 1. The molecule has 2 aliphatic rings. The molecule has 4 rings (SSSR count). The van der Waals surface area contributed by atoms with Crippen molar-refractivity contribution in [2.24, 2.45) is 0 Å². The highest BCUT2D eigenvalue weighted by molar-refractivity contribution is 5.88. The maximum atomic E-state index is 15.4. The maximum Gasteiger partial charge on any atom is 0.414 e. The molecule has 1 saturated heterocycles. The lowest BCUT2D eigenvalue weighted by molar-refractivity contribution is -0.0566. The van der Waals surface area contributed by atoms with Crippen LogP contribution in [0.15, 0.2) is 6.33 Å². The number of fused-ring (bicyclic) bond motifs is 1. The van der Waals surface area contributed by atoms with Gasteiger partial charge in [0.25, 0.3) is 0 Å². The molecule has 2 fully saturated rings. The minimum absolute atomic E-state index is 0.00921. The number of carbonyl (C=O) groups is 1. The molecule has 33 heavy (non-hydrogen) atoms. The number of hydrogen-bond donors (Lipinski definition) is 3. The quantitative estimate of drug-likeness (QED) is 0.475. The van der Waals surface area contributed by atoms with Crippen molar-refractivity contribution in [1.82, 2.24) is 19.5 Å². The fraction of sp³-hybridized carbons (Fsp3) is 0.714. The third-order valence-electron chi connectivity index (χ3n) is 6.18. The van der Waals surface area contributed by atoms with Crippen molar-refractivity contribution < 1.29 is 28.9 Å². The Morgan fingerprint density at radius 2 is 2.18 bits per heavy atom. The number of hydrogen-bond acceptors (Lipinski definition) is 9. The van der Waals surface area contributed by atoms with Crippen molar-refractivity contribution in [1.29, 1.82) is 0 Å². The zero-order chi connectivity index (χ0) is 23.8. The third-order valence-corrected chi connectivity index (χ3v) is 6.18. The molecule has 4 atom stereocenters. The zero-order valence-electron chi connectivity index (χ0n) is 19.1. The van der Waals surface area contributed by atoms with Gasteiger partial charge < -0.3 is 24.6 Å². The van der Waals surface area contributed by atoms with Gasteiger partial charge in [0.05, 0.1) is 19.5 Å². The first-order valence-electron chi connectivity index (χ1n) is 11.3. The summed E-state index contributed by atoms with van der Waals surface area (Å²) in [5, 5.41) is 22.3. The maximum absolute atomic E-state index is 15.4. The molecule has 1 amide bonds. The Morgan fingerprint density at radius 1 is 1.42 bits per heavy atom. The Kier molecular flexibility index (Phi) is 6.68. The van der Waals surface area contributed by atoms with Gasteiger partial charge in [0.2, 0.25) is 5.95 Å². The minimum atomic E-state index is -2.21. The van der Waals surface area contributed by atoms with Gasteiger partial charge in [-0.25, -0.2) is 14.2 Å². The Morgan fingerprint density at radius 3 is 2.82 bits per heavy atom. The lowest BCUT2D eigenvalue weighted by Crippen LogP contribution is -2.40. The topological polar surface area (TPSA) is 135 Å². The molecule has 3 heterocycles. The van der Waals surface area contributed by atoms with Crippen LogP contribution in [-0.4, -0.2) is 80.0 Å². The first-order valence-corrected chi connectivity index (χ1v) is 11.3. The molecule has 0 unspecified atom stereocenters. The highest BCUT2D eigenvalue weighted by Crippen LogP contribution is 2.43. The first kappa shape index (κ1) is 23.6. The van der Waals surface area contributed by atoms with Gasteiger partial charge >= 0.3 is 6.09 Å². The van der Waals surface area contributed by atoms with Gasteiger partial charge in [-0.15, -0.1) is 0 Å². The highest BCUT2D eigenvalue weighted by Gasteiger charge is 2.55. The van der Waals surface area contributed by atoms with Crippen molar-refractivity contribution in [2.45, 2.75) is 76.1 Å². The summed E-state index contributed by atoms with van der Waals surface area (Å²) < 4.78 is 27.6. The van der Waals surface area contributed by atoms with E-state index < -0.39 is 36.8 Å². The zero-order valence-corrected chi connectivity index (χ0v) is 19.1. The van der Waals surface area contributed by atoms with Gasteiger partial charge in [0.15, 0.2) is 28.9 Å². The molecule has 1 aliphatic carbocycles. The van der Waals surface area contributed by atoms with Gasteiger partial charge in [-0.2, -0.15) is 9.97 Å². The molecule has 2 aromatic heterocycles. The third kappa shape index (κ3) is 4.59. The van der Waals surface area contributed by atoms with Gasteiger partial charge in [0.1, 0.15) is 12.2 Å². The molecule has 0 radical (unpaired) electrons. The van der Waals surface area contributed by atoms with E-state index in [9.17, 15) is 15.0 Å². The normalized spacial score (nSPS) is 27.2. The van der Waals surface area contributed by atoms with Crippen LogP contribution in [0.25, 0.3) is 11.2 Å². The fourth-order valence-electron chi connectivity index (χ4n) is 4.02. The van der Waals surface area contributed by atoms with Crippen LogP contribution in [0, 0.1) is 0 Å². The molecule has 0 bridgehead atoms. The SMILES string of the molecule is CCCCCOC(=O)Nc1nc(N(C)C2CC2)c2ncn([C@@H]3O[C@H](CO)[C@@H](O)[C@@]3(C)F)c2n1. The molecule has 1 saturated carbocycles. The second-order valence-corrected chi connectivity index (χ2v) is 8.81. The lowest BCUT2D eigenvalue weighted by Gasteiger charge is -2.25. The number of aromatic nitrogens is 4. The molecule has 12 heteroatoms. The highest BCUT2D eigenvalue weighted by atomic mass is 19.1. The van der Waals surface area contributed by atoms with E-state index in [1.165, 1.54) is 17.8 Å². The number of unbranched alkanes of at least 4 members (excludes halogenated alkanes) is 2. The van der Waals surface area contributed by atoms with Crippen molar-refractivity contribution in [3.8, 4) is 0 Å². The Balaban J connectivity index is 1.68. The Hall–Kier alpha value is -2.57. The summed E-state index contributed by atoms with van der Waals surface area (Å²) in [6, 6.07) is 0.289. The number of ether oxygens (including phenoxy) is 2. The van der Waals surface area contributed by atoms with Crippen LogP contribution >= 0.6 is 0 Å². The number of nitrogens with one attached hydrogen (secondary N) is 1. The summed E-state index contributed by atoms with van der Waals surface area (Å²) in [6.45, 7) is 3.01. The van der Waals surface area contributed by atoms with Crippen LogP contribution < -0.4 is 10.2 Å². The number of nitrogens with zero attached hydrogens (tertiary/aromatic N) is 5. The van der Waals surface area contributed by atoms with Crippen molar-refractivity contribution in [3.63, 3.8) is 0 Å². The summed E-state index contributed by atoms with van der Waals surface area (Å²) in [5.41, 5.74) is -1.57. The van der Waals surface area contributed by atoms with Gasteiger partial charge in [-0.3, -0.25) is 9.88 Å². The Bertz CT molecular complexity index is 997. The average molecular weight is 467 g/mol. The van der Waals surface area contributed by atoms with Crippen molar-refractivity contribution in [3.05, 3.63) is 6.33 Å². The second kappa shape index (κ2) is 9.35. The number of alkyl halides is 1. The summed E-state index contributed by atoms with van der Waals surface area (Å²) >= 11 is 0. The summed E-state index contributed by atoms with van der Waals surface area (Å²) in [7, 11) is 1.88. The number of rotatable bonds is 9. The van der Waals surface area contributed by atoms with Crippen LogP contribution in [0.1, 0.15) is 52.2 Å². The van der Waals surface area contributed by atoms with E-state index in [1.807, 2.05) is 11.9 Å². The van der Waals surface area contributed by atoms with E-state index in [0.29, 0.717) is 11.3 Å². The van der Waals surface area contributed by atoms with Crippen LogP contribution in [0.3, 0.4) is 0 Å². The molecule has 182 valence electrons. The van der Waals surface area contributed by atoms with Crippen molar-refractivity contribution >= 4 is 29.0 Å². The first-order chi connectivity index (χ1) is 15.8. The molecule has 3 N–H and O–H groups in total. The van der Waals surface area contributed by atoms with Gasteiger partial charge in [-0.1, -0.05) is 19.8 Å². The van der Waals surface area contributed by atoms with Crippen LogP contribution in [0.4, 0.5) is 21.0 Å². The molecule has 0 spiro atoms. The van der Waals surface area contributed by atoms with E-state index in [-0.39, 0.29) is 24.2 Å². The number of carbonyl (C=O) groups excluding carboxylic acids is 1. The minimum Gasteiger partial charge on any atom is -0.449 e. The van der Waals surface area contributed by atoms with E-state index in [0.717, 1.165) is 32.1 Å². The van der Waals surface area contributed by atoms with E-state index in [1.54, 1.807) is 0 Å². The average Bonchev–Trinajstić information content (AvgIpc) is 3.51. The van der Waals surface area contributed by atoms with E-state index >= 15 is 4.39 Å². The van der Waals surface area contributed by atoms with Crippen molar-refractivity contribution in [2.75, 3.05) is 30.5 Å². The van der Waals surface area contributed by atoms with Crippen LogP contribution in [0.5, 0.6) is 0 Å². The largest absolute Gasteiger partial charge is 0.449 e. The Labute approximate surface area is 190 Å². The predicted molar refractivity (Wildman–Crippen MR) is 118 cm³/mol. The van der Waals surface area contributed by atoms with E-state index in [2.05, 4.69) is 27.2 Å². The summed E-state index contributed by atoms with van der Waals surface area (Å²) in [5.74, 6) is 0.477. The number of anilines is 2. The molecular weight excluding hydrogens is 435 g/mol. The van der Waals surface area contributed by atoms with Crippen LogP contribution in [0.2, 0.25) is 0 Å². The van der Waals surface area contributed by atoms with Gasteiger partial charge in [0, 0.05) is 13.1 Å². The number of imidazole rings is 1. The number of amides is 1. The summed E-state index contributed by atoms with van der Waals surface area (Å²) in [4.78, 5) is 27.5. The molecular formula is C21H31FN6O5. The van der Waals surface area contributed by atoms with Crippen LogP contribution in [-0.2, 0) is 9.47 Å². The van der Waals surface area contributed by atoms with E-state index in [4.69, 9.17) is 9.47 Å². The smallest absolute Gasteiger partial charge is 0.414 e. The monoisotopic (exact) mass is 466 g/mol. The summed E-state index contributed by atoms with van der Waals surface area (Å²) in [6.07, 6.45) is 1.51. The standard InChI is InChI=1S/C21H31FN6O5/c1-4-5-6-9-32-20(31)26-19-24-16(27(3)12-7-8-12)14-17(25-19)28(11-23-14)18-21(2,22)15(30)13(10-29)33-18/h11-13,15,18,29-30H,4-10H2,1-3H3,(H,24,25,26,31)/t13-,15-,18-,21-/m1/s1. The molecule has 11 nitrogen and oxygen atoms in total. The predicted octanol–water partition coefficient (Wildman–Crippen LogP) is 2.14.